The normalized spacial score (nSPS) is 17.1. The Balaban J connectivity index is 2.21. The van der Waals surface area contributed by atoms with Crippen LogP contribution in [0.25, 0.3) is 0 Å². The molecule has 0 bridgehead atoms. The van der Waals surface area contributed by atoms with E-state index in [1.165, 1.54) is 12.8 Å². The summed E-state index contributed by atoms with van der Waals surface area (Å²) in [4.78, 5) is 15.0. The van der Waals surface area contributed by atoms with Gasteiger partial charge in [-0.25, -0.2) is 0 Å². The molecular formula is C11H13BrN2O2. The highest BCUT2D eigenvalue weighted by Gasteiger charge is 2.31. The number of hydrogen-bond acceptors (Lipinski definition) is 3. The van der Waals surface area contributed by atoms with Gasteiger partial charge >= 0.3 is 0 Å². The minimum atomic E-state index is -0.345. The molecule has 1 atom stereocenters. The number of nitrogens with zero attached hydrogens (tertiary/aromatic N) is 2. The largest absolute Gasteiger partial charge is 0.291 e. The summed E-state index contributed by atoms with van der Waals surface area (Å²) in [5.41, 5.74) is 1.56. The van der Waals surface area contributed by atoms with Crippen molar-refractivity contribution in [3.05, 3.63) is 33.6 Å². The van der Waals surface area contributed by atoms with Crippen LogP contribution < -0.4 is 0 Å². The first kappa shape index (κ1) is 11.5. The Morgan fingerprint density at radius 2 is 2.38 bits per heavy atom. The third-order valence-electron chi connectivity index (χ3n) is 2.80. The van der Waals surface area contributed by atoms with Crippen molar-refractivity contribution in [1.82, 2.24) is 4.98 Å². The summed E-state index contributed by atoms with van der Waals surface area (Å²) in [6, 6.07) is 1.59. The van der Waals surface area contributed by atoms with Crippen LogP contribution in [0.1, 0.15) is 24.1 Å². The minimum absolute atomic E-state index is 0.144. The number of rotatable bonds is 4. The second kappa shape index (κ2) is 4.49. The Bertz CT molecular complexity index is 418. The van der Waals surface area contributed by atoms with E-state index in [9.17, 15) is 10.1 Å². The first-order valence-electron chi connectivity index (χ1n) is 5.32. The van der Waals surface area contributed by atoms with E-state index in [0.717, 1.165) is 5.56 Å². The molecule has 16 heavy (non-hydrogen) atoms. The van der Waals surface area contributed by atoms with Gasteiger partial charge in [-0.1, -0.05) is 15.9 Å². The van der Waals surface area contributed by atoms with Crippen LogP contribution in [0, 0.1) is 23.0 Å². The summed E-state index contributed by atoms with van der Waals surface area (Å²) < 4.78 is 0. The molecule has 1 aliphatic carbocycles. The SMILES string of the molecule is Cc1cnc(CC(Br)C2CC2)c([N+](=O)[O-])c1. The van der Waals surface area contributed by atoms with Crippen LogP contribution in [0.4, 0.5) is 5.69 Å². The van der Waals surface area contributed by atoms with E-state index < -0.39 is 0 Å². The van der Waals surface area contributed by atoms with Gasteiger partial charge in [0, 0.05) is 23.5 Å². The van der Waals surface area contributed by atoms with E-state index in [-0.39, 0.29) is 10.6 Å². The smallest absolute Gasteiger partial charge is 0.258 e. The van der Waals surface area contributed by atoms with Gasteiger partial charge in [0.1, 0.15) is 5.69 Å². The lowest BCUT2D eigenvalue weighted by Gasteiger charge is -2.08. The van der Waals surface area contributed by atoms with Crippen LogP contribution in [0.2, 0.25) is 0 Å². The standard InChI is InChI=1S/C11H13BrN2O2/c1-7-4-11(14(15)16)10(13-6-7)5-9(12)8-2-3-8/h4,6,8-9H,2-3,5H2,1H3. The zero-order valence-corrected chi connectivity index (χ0v) is 10.6. The quantitative estimate of drug-likeness (QED) is 0.485. The maximum Gasteiger partial charge on any atom is 0.291 e. The average Bonchev–Trinajstić information content (AvgIpc) is 3.03. The number of alkyl halides is 1. The topological polar surface area (TPSA) is 56.0 Å². The fourth-order valence-corrected chi connectivity index (χ4v) is 2.54. The summed E-state index contributed by atoms with van der Waals surface area (Å²) in [6.07, 6.45) is 4.77. The molecule has 1 aliphatic rings. The number of aryl methyl sites for hydroxylation is 1. The van der Waals surface area contributed by atoms with Gasteiger partial charge in [-0.05, 0) is 31.2 Å². The molecule has 5 heteroatoms. The van der Waals surface area contributed by atoms with Crippen LogP contribution in [0.15, 0.2) is 12.3 Å². The summed E-state index contributed by atoms with van der Waals surface area (Å²) >= 11 is 3.58. The summed E-state index contributed by atoms with van der Waals surface area (Å²) in [7, 11) is 0. The van der Waals surface area contributed by atoms with Crippen molar-refractivity contribution in [2.24, 2.45) is 5.92 Å². The van der Waals surface area contributed by atoms with Gasteiger partial charge < -0.3 is 0 Å². The van der Waals surface area contributed by atoms with E-state index in [4.69, 9.17) is 0 Å². The molecule has 0 aromatic carbocycles. The number of aromatic nitrogens is 1. The van der Waals surface area contributed by atoms with Crippen molar-refractivity contribution in [2.45, 2.75) is 31.0 Å². The Hall–Kier alpha value is -0.970. The van der Waals surface area contributed by atoms with E-state index in [0.29, 0.717) is 22.9 Å². The zero-order chi connectivity index (χ0) is 11.7. The summed E-state index contributed by atoms with van der Waals surface area (Å²) in [6.45, 7) is 1.82. The lowest BCUT2D eigenvalue weighted by Crippen LogP contribution is -2.09. The van der Waals surface area contributed by atoms with Gasteiger partial charge in [0.15, 0.2) is 0 Å². The monoisotopic (exact) mass is 284 g/mol. The number of hydrogen-bond donors (Lipinski definition) is 0. The van der Waals surface area contributed by atoms with Gasteiger partial charge in [-0.15, -0.1) is 0 Å². The van der Waals surface area contributed by atoms with Crippen LogP contribution in [0.5, 0.6) is 0 Å². The molecule has 0 aliphatic heterocycles. The van der Waals surface area contributed by atoms with Crippen molar-refractivity contribution in [2.75, 3.05) is 0 Å². The maximum atomic E-state index is 10.9. The van der Waals surface area contributed by atoms with Crippen LogP contribution >= 0.6 is 15.9 Å². The number of halogens is 1. The van der Waals surface area contributed by atoms with Gasteiger partial charge in [-0.3, -0.25) is 15.1 Å². The van der Waals surface area contributed by atoms with Crippen molar-refractivity contribution in [1.29, 1.82) is 0 Å². The molecule has 86 valence electrons. The van der Waals surface area contributed by atoms with Crippen molar-refractivity contribution < 1.29 is 4.92 Å². The van der Waals surface area contributed by atoms with Gasteiger partial charge in [0.25, 0.3) is 5.69 Å². The first-order valence-corrected chi connectivity index (χ1v) is 6.23. The fraction of sp³-hybridized carbons (Fsp3) is 0.545. The molecular weight excluding hydrogens is 272 g/mol. The zero-order valence-electron chi connectivity index (χ0n) is 9.02. The van der Waals surface area contributed by atoms with Crippen molar-refractivity contribution in [3.8, 4) is 0 Å². The van der Waals surface area contributed by atoms with E-state index in [1.54, 1.807) is 12.3 Å². The molecule has 0 N–H and O–H groups in total. The van der Waals surface area contributed by atoms with Crippen LogP contribution in [-0.4, -0.2) is 14.7 Å². The van der Waals surface area contributed by atoms with Crippen molar-refractivity contribution >= 4 is 21.6 Å². The van der Waals surface area contributed by atoms with E-state index in [1.807, 2.05) is 6.92 Å². The minimum Gasteiger partial charge on any atom is -0.258 e. The molecule has 1 saturated carbocycles. The molecule has 1 unspecified atom stereocenters. The van der Waals surface area contributed by atoms with Gasteiger partial charge in [0.05, 0.1) is 4.92 Å². The number of nitro groups is 1. The molecule has 0 radical (unpaired) electrons. The molecule has 1 aromatic rings. The maximum absolute atomic E-state index is 10.9. The van der Waals surface area contributed by atoms with Gasteiger partial charge in [-0.2, -0.15) is 0 Å². The predicted molar refractivity (Wildman–Crippen MR) is 64.8 cm³/mol. The highest BCUT2D eigenvalue weighted by atomic mass is 79.9. The molecule has 0 saturated heterocycles. The third kappa shape index (κ3) is 2.58. The van der Waals surface area contributed by atoms with E-state index in [2.05, 4.69) is 20.9 Å². The van der Waals surface area contributed by atoms with Crippen LogP contribution in [0.3, 0.4) is 0 Å². The molecule has 0 spiro atoms. The van der Waals surface area contributed by atoms with Gasteiger partial charge in [0.2, 0.25) is 0 Å². The molecule has 1 heterocycles. The lowest BCUT2D eigenvalue weighted by atomic mass is 10.1. The summed E-state index contributed by atoms with van der Waals surface area (Å²) in [5.74, 6) is 0.669. The molecule has 2 rings (SSSR count). The lowest BCUT2D eigenvalue weighted by molar-refractivity contribution is -0.386. The highest BCUT2D eigenvalue weighted by molar-refractivity contribution is 9.09. The molecule has 1 aromatic heterocycles. The summed E-state index contributed by atoms with van der Waals surface area (Å²) in [5, 5.41) is 10.9. The highest BCUT2D eigenvalue weighted by Crippen LogP contribution is 2.38. The van der Waals surface area contributed by atoms with Crippen molar-refractivity contribution in [3.63, 3.8) is 0 Å². The van der Waals surface area contributed by atoms with E-state index >= 15 is 0 Å². The average molecular weight is 285 g/mol. The third-order valence-corrected chi connectivity index (χ3v) is 3.87. The van der Waals surface area contributed by atoms with Crippen LogP contribution in [-0.2, 0) is 6.42 Å². The predicted octanol–water partition coefficient (Wildman–Crippen LogP) is 3.01. The Labute approximate surface area is 102 Å². The second-order valence-corrected chi connectivity index (χ2v) is 5.47. The first-order chi connectivity index (χ1) is 7.58. The Kier molecular flexibility index (Phi) is 3.23. The molecule has 0 amide bonds. The fourth-order valence-electron chi connectivity index (χ4n) is 1.71. The second-order valence-electron chi connectivity index (χ2n) is 4.29. The Morgan fingerprint density at radius 1 is 1.69 bits per heavy atom. The Morgan fingerprint density at radius 3 is 2.94 bits per heavy atom. The molecule has 4 nitrogen and oxygen atoms in total. The number of pyridine rings is 1. The molecule has 1 fully saturated rings.